The van der Waals surface area contributed by atoms with Crippen molar-refractivity contribution in [2.45, 2.75) is 26.3 Å². The molecule has 0 amide bonds. The number of hydrogen-bond donors (Lipinski definition) is 1. The number of carbonyl (C=O) groups is 1. The Bertz CT molecular complexity index is 349. The Kier molecular flexibility index (Phi) is 4.16. The van der Waals surface area contributed by atoms with Gasteiger partial charge in [0.1, 0.15) is 5.54 Å². The van der Waals surface area contributed by atoms with Crippen LogP contribution in [-0.2, 0) is 9.53 Å². The first-order chi connectivity index (χ1) is 6.95. The molecule has 0 saturated carbocycles. The smallest absolute Gasteiger partial charge is 0.331 e. The molecule has 1 N–H and O–H groups in total. The monoisotopic (exact) mass is 291 g/mol. The van der Waals surface area contributed by atoms with E-state index in [1.807, 2.05) is 11.4 Å². The van der Waals surface area contributed by atoms with Crippen molar-refractivity contribution in [2.24, 2.45) is 0 Å². The summed E-state index contributed by atoms with van der Waals surface area (Å²) in [5, 5.41) is 6.04. The van der Waals surface area contributed by atoms with Crippen LogP contribution in [0.15, 0.2) is 15.9 Å². The molecule has 1 aromatic rings. The maximum absolute atomic E-state index is 11.6. The molecule has 0 saturated heterocycles. The van der Waals surface area contributed by atoms with Gasteiger partial charge < -0.3 is 10.1 Å². The first kappa shape index (κ1) is 12.5. The van der Waals surface area contributed by atoms with Gasteiger partial charge in [0.05, 0.1) is 11.6 Å². The number of ether oxygens (including phenoxy) is 1. The highest BCUT2D eigenvalue weighted by molar-refractivity contribution is 9.10. The molecule has 0 atom stereocenters. The Morgan fingerprint density at radius 3 is 2.80 bits per heavy atom. The van der Waals surface area contributed by atoms with E-state index in [1.165, 1.54) is 0 Å². The fourth-order valence-electron chi connectivity index (χ4n) is 1.05. The number of anilines is 1. The summed E-state index contributed by atoms with van der Waals surface area (Å²) in [6, 6.07) is 1.94. The molecular weight excluding hydrogens is 278 g/mol. The Labute approximate surface area is 102 Å². The fourth-order valence-corrected chi connectivity index (χ4v) is 2.53. The van der Waals surface area contributed by atoms with Gasteiger partial charge in [0.25, 0.3) is 0 Å². The lowest BCUT2D eigenvalue weighted by Gasteiger charge is -2.23. The number of rotatable bonds is 4. The van der Waals surface area contributed by atoms with Crippen LogP contribution >= 0.6 is 27.3 Å². The highest BCUT2D eigenvalue weighted by Gasteiger charge is 2.29. The molecule has 0 aliphatic heterocycles. The predicted molar refractivity (Wildman–Crippen MR) is 66.4 cm³/mol. The van der Waals surface area contributed by atoms with Crippen LogP contribution in [0.5, 0.6) is 0 Å². The van der Waals surface area contributed by atoms with Crippen molar-refractivity contribution in [1.29, 1.82) is 0 Å². The summed E-state index contributed by atoms with van der Waals surface area (Å²) in [6.45, 7) is 5.81. The normalized spacial score (nSPS) is 11.2. The highest BCUT2D eigenvalue weighted by Crippen LogP contribution is 2.27. The lowest BCUT2D eigenvalue weighted by Crippen LogP contribution is -2.41. The Morgan fingerprint density at radius 1 is 1.67 bits per heavy atom. The number of hydrogen-bond acceptors (Lipinski definition) is 4. The van der Waals surface area contributed by atoms with E-state index in [0.717, 1.165) is 9.47 Å². The average Bonchev–Trinajstić information content (AvgIpc) is 2.50. The van der Waals surface area contributed by atoms with Gasteiger partial charge in [-0.2, -0.15) is 0 Å². The summed E-state index contributed by atoms with van der Waals surface area (Å²) in [7, 11) is 0. The van der Waals surface area contributed by atoms with Crippen LogP contribution < -0.4 is 5.32 Å². The molecule has 0 aliphatic rings. The SMILES string of the molecule is CCOC(=O)C(C)(C)Nc1cc(Br)cs1. The van der Waals surface area contributed by atoms with Crippen molar-refractivity contribution in [3.05, 3.63) is 15.9 Å². The molecule has 0 fully saturated rings. The van der Waals surface area contributed by atoms with Gasteiger partial charge in [0, 0.05) is 9.85 Å². The van der Waals surface area contributed by atoms with E-state index in [-0.39, 0.29) is 5.97 Å². The van der Waals surface area contributed by atoms with Crippen LogP contribution in [0, 0.1) is 0 Å². The summed E-state index contributed by atoms with van der Waals surface area (Å²) in [5.74, 6) is -0.241. The molecular formula is C10H14BrNO2S. The summed E-state index contributed by atoms with van der Waals surface area (Å²) in [5.41, 5.74) is -0.694. The molecule has 1 rings (SSSR count). The van der Waals surface area contributed by atoms with Gasteiger partial charge in [-0.3, -0.25) is 0 Å². The second-order valence-electron chi connectivity index (χ2n) is 3.60. The van der Waals surface area contributed by atoms with E-state index in [4.69, 9.17) is 4.74 Å². The molecule has 0 unspecified atom stereocenters. The highest BCUT2D eigenvalue weighted by atomic mass is 79.9. The van der Waals surface area contributed by atoms with E-state index in [9.17, 15) is 4.79 Å². The lowest BCUT2D eigenvalue weighted by molar-refractivity contribution is -0.147. The van der Waals surface area contributed by atoms with E-state index >= 15 is 0 Å². The predicted octanol–water partition coefficient (Wildman–Crippen LogP) is 3.26. The summed E-state index contributed by atoms with van der Waals surface area (Å²) in [6.07, 6.45) is 0. The molecule has 5 heteroatoms. The second kappa shape index (κ2) is 4.99. The lowest BCUT2D eigenvalue weighted by atomic mass is 10.1. The molecule has 0 aliphatic carbocycles. The molecule has 3 nitrogen and oxygen atoms in total. The van der Waals surface area contributed by atoms with Crippen LogP contribution in [-0.4, -0.2) is 18.1 Å². The van der Waals surface area contributed by atoms with Crippen LogP contribution in [0.3, 0.4) is 0 Å². The van der Waals surface area contributed by atoms with Gasteiger partial charge in [-0.25, -0.2) is 4.79 Å². The van der Waals surface area contributed by atoms with Crippen molar-refractivity contribution >= 4 is 38.2 Å². The Morgan fingerprint density at radius 2 is 2.33 bits per heavy atom. The summed E-state index contributed by atoms with van der Waals surface area (Å²) < 4.78 is 5.99. The molecule has 1 heterocycles. The van der Waals surface area contributed by atoms with Gasteiger partial charge in [0.15, 0.2) is 0 Å². The van der Waals surface area contributed by atoms with Crippen LogP contribution in [0.25, 0.3) is 0 Å². The Balaban J connectivity index is 2.67. The molecule has 84 valence electrons. The van der Waals surface area contributed by atoms with Crippen molar-refractivity contribution in [3.63, 3.8) is 0 Å². The quantitative estimate of drug-likeness (QED) is 0.866. The van der Waals surface area contributed by atoms with Gasteiger partial charge in [-0.05, 0) is 42.8 Å². The number of nitrogens with one attached hydrogen (secondary N) is 1. The minimum atomic E-state index is -0.694. The molecule has 0 bridgehead atoms. The number of thiophene rings is 1. The minimum absolute atomic E-state index is 0.241. The number of halogens is 1. The Hall–Kier alpha value is -0.550. The molecule has 0 radical (unpaired) electrons. The molecule has 1 aromatic heterocycles. The number of carbonyl (C=O) groups excluding carboxylic acids is 1. The minimum Gasteiger partial charge on any atom is -0.464 e. The zero-order valence-corrected chi connectivity index (χ0v) is 11.4. The van der Waals surface area contributed by atoms with Crippen molar-refractivity contribution in [3.8, 4) is 0 Å². The zero-order chi connectivity index (χ0) is 11.5. The van der Waals surface area contributed by atoms with E-state index in [0.29, 0.717) is 6.61 Å². The third-order valence-corrected chi connectivity index (χ3v) is 3.40. The van der Waals surface area contributed by atoms with E-state index < -0.39 is 5.54 Å². The van der Waals surface area contributed by atoms with Gasteiger partial charge >= 0.3 is 5.97 Å². The summed E-state index contributed by atoms with van der Waals surface area (Å²) in [4.78, 5) is 11.6. The van der Waals surface area contributed by atoms with E-state index in [1.54, 1.807) is 32.1 Å². The van der Waals surface area contributed by atoms with Gasteiger partial charge in [-0.15, -0.1) is 11.3 Å². The topological polar surface area (TPSA) is 38.3 Å². The fraction of sp³-hybridized carbons (Fsp3) is 0.500. The zero-order valence-electron chi connectivity index (χ0n) is 8.96. The maximum Gasteiger partial charge on any atom is 0.331 e. The maximum atomic E-state index is 11.6. The molecule has 0 spiro atoms. The van der Waals surface area contributed by atoms with Gasteiger partial charge in [-0.1, -0.05) is 0 Å². The first-order valence-electron chi connectivity index (χ1n) is 4.65. The van der Waals surface area contributed by atoms with Crippen molar-refractivity contribution in [2.75, 3.05) is 11.9 Å². The second-order valence-corrected chi connectivity index (χ2v) is 5.43. The van der Waals surface area contributed by atoms with E-state index in [2.05, 4.69) is 21.2 Å². The standard InChI is InChI=1S/C10H14BrNO2S/c1-4-14-9(13)10(2,3)12-8-5-7(11)6-15-8/h5-6,12H,4H2,1-3H3. The summed E-state index contributed by atoms with van der Waals surface area (Å²) >= 11 is 4.91. The van der Waals surface area contributed by atoms with Gasteiger partial charge in [0.2, 0.25) is 0 Å². The van der Waals surface area contributed by atoms with Crippen LogP contribution in [0.1, 0.15) is 20.8 Å². The third-order valence-electron chi connectivity index (χ3n) is 1.79. The van der Waals surface area contributed by atoms with Crippen molar-refractivity contribution < 1.29 is 9.53 Å². The first-order valence-corrected chi connectivity index (χ1v) is 6.32. The molecule has 15 heavy (non-hydrogen) atoms. The van der Waals surface area contributed by atoms with Crippen LogP contribution in [0.2, 0.25) is 0 Å². The average molecular weight is 292 g/mol. The largest absolute Gasteiger partial charge is 0.464 e. The molecule has 0 aromatic carbocycles. The number of esters is 1. The van der Waals surface area contributed by atoms with Crippen molar-refractivity contribution in [1.82, 2.24) is 0 Å². The third kappa shape index (κ3) is 3.50. The van der Waals surface area contributed by atoms with Crippen LogP contribution in [0.4, 0.5) is 5.00 Å².